The number of pyridine rings is 1. The fourth-order valence-corrected chi connectivity index (χ4v) is 3.64. The van der Waals surface area contributed by atoms with Crippen LogP contribution in [0, 0.1) is 0 Å². The van der Waals surface area contributed by atoms with Gasteiger partial charge in [-0.2, -0.15) is 0 Å². The maximum Gasteiger partial charge on any atom is 0.111 e. The highest BCUT2D eigenvalue weighted by atomic mass is 35.5. The highest BCUT2D eigenvalue weighted by Crippen LogP contribution is 2.32. The zero-order chi connectivity index (χ0) is 16.1. The summed E-state index contributed by atoms with van der Waals surface area (Å²) in [6, 6.07) is 18.6. The molecule has 0 aliphatic carbocycles. The van der Waals surface area contributed by atoms with E-state index in [9.17, 15) is 0 Å². The fourth-order valence-electron chi connectivity index (χ4n) is 3.43. The summed E-state index contributed by atoms with van der Waals surface area (Å²) >= 11 is 6.17. The van der Waals surface area contributed by atoms with E-state index in [2.05, 4.69) is 51.3 Å². The molecule has 0 radical (unpaired) electrons. The molecular weight excluding hydrogens is 320 g/mol. The number of nitrogens with zero attached hydrogens (tertiary/aromatic N) is 4. The topological polar surface area (TPSA) is 35.1 Å². The minimum Gasteiger partial charge on any atom is -0.334 e. The highest BCUT2D eigenvalue weighted by molar-refractivity contribution is 6.30. The largest absolute Gasteiger partial charge is 0.334 e. The molecule has 0 spiro atoms. The molecule has 5 aromatic rings. The molecule has 0 aliphatic rings. The van der Waals surface area contributed by atoms with E-state index >= 15 is 0 Å². The number of hydrogen-bond acceptors (Lipinski definition) is 2. The van der Waals surface area contributed by atoms with Crippen LogP contribution in [0.4, 0.5) is 0 Å². The second-order valence-corrected chi connectivity index (χ2v) is 6.31. The first kappa shape index (κ1) is 13.6. The van der Waals surface area contributed by atoms with Crippen molar-refractivity contribution in [3.63, 3.8) is 0 Å². The highest BCUT2D eigenvalue weighted by Gasteiger charge is 2.14. The molecule has 0 saturated heterocycles. The number of benzene rings is 2. The van der Waals surface area contributed by atoms with Crippen molar-refractivity contribution < 1.29 is 0 Å². The average molecular weight is 333 g/mol. The van der Waals surface area contributed by atoms with E-state index in [1.807, 2.05) is 35.1 Å². The van der Waals surface area contributed by atoms with Crippen LogP contribution in [0.15, 0.2) is 67.0 Å². The molecule has 2 aromatic carbocycles. The molecule has 0 bridgehead atoms. The van der Waals surface area contributed by atoms with Crippen molar-refractivity contribution in [2.45, 2.75) is 6.54 Å². The molecule has 24 heavy (non-hydrogen) atoms. The van der Waals surface area contributed by atoms with Gasteiger partial charge < -0.3 is 4.57 Å². The average Bonchev–Trinajstić information content (AvgIpc) is 3.18. The van der Waals surface area contributed by atoms with Gasteiger partial charge in [0.05, 0.1) is 11.7 Å². The molecule has 0 fully saturated rings. The monoisotopic (exact) mass is 332 g/mol. The van der Waals surface area contributed by atoms with Crippen LogP contribution >= 0.6 is 11.6 Å². The number of fused-ring (bicyclic) bond motifs is 5. The van der Waals surface area contributed by atoms with Gasteiger partial charge in [-0.05, 0) is 29.8 Å². The predicted molar refractivity (Wildman–Crippen MR) is 96.5 cm³/mol. The van der Waals surface area contributed by atoms with Gasteiger partial charge in [-0.25, -0.2) is 4.52 Å². The van der Waals surface area contributed by atoms with Gasteiger partial charge in [-0.15, -0.1) is 5.10 Å². The smallest absolute Gasteiger partial charge is 0.111 e. The van der Waals surface area contributed by atoms with E-state index in [1.165, 1.54) is 21.9 Å². The van der Waals surface area contributed by atoms with Crippen LogP contribution in [0.1, 0.15) is 5.56 Å². The molecule has 0 aliphatic heterocycles. The number of para-hydroxylation sites is 1. The van der Waals surface area contributed by atoms with E-state index in [1.54, 1.807) is 0 Å². The van der Waals surface area contributed by atoms with Crippen LogP contribution in [0.25, 0.3) is 27.3 Å². The Kier molecular flexibility index (Phi) is 2.87. The van der Waals surface area contributed by atoms with Crippen molar-refractivity contribution in [2.75, 3.05) is 0 Å². The normalized spacial score (nSPS) is 11.7. The Labute approximate surface area is 142 Å². The van der Waals surface area contributed by atoms with Gasteiger partial charge in [0.25, 0.3) is 0 Å². The first-order valence-corrected chi connectivity index (χ1v) is 8.13. The van der Waals surface area contributed by atoms with Gasteiger partial charge in [0, 0.05) is 34.1 Å². The molecule has 116 valence electrons. The molecule has 0 N–H and O–H groups in total. The lowest BCUT2D eigenvalue weighted by molar-refractivity contribution is 0.846. The van der Waals surface area contributed by atoms with Crippen molar-refractivity contribution >= 4 is 38.9 Å². The Morgan fingerprint density at radius 2 is 1.83 bits per heavy atom. The molecule has 0 unspecified atom stereocenters. The second-order valence-electron chi connectivity index (χ2n) is 5.88. The van der Waals surface area contributed by atoms with Gasteiger partial charge in [-0.3, -0.25) is 0 Å². The first-order chi connectivity index (χ1) is 11.8. The quantitative estimate of drug-likeness (QED) is 0.476. The third-order valence-corrected chi connectivity index (χ3v) is 4.67. The van der Waals surface area contributed by atoms with Crippen molar-refractivity contribution in [3.05, 3.63) is 77.6 Å². The van der Waals surface area contributed by atoms with Crippen LogP contribution in [-0.4, -0.2) is 19.4 Å². The van der Waals surface area contributed by atoms with Crippen LogP contribution in [0.2, 0.25) is 5.02 Å². The Balaban J connectivity index is 1.88. The van der Waals surface area contributed by atoms with Gasteiger partial charge in [0.1, 0.15) is 5.52 Å². The lowest BCUT2D eigenvalue weighted by Crippen LogP contribution is -2.00. The second kappa shape index (κ2) is 5.08. The fraction of sp³-hybridized carbons (Fsp3) is 0.0526. The summed E-state index contributed by atoms with van der Waals surface area (Å²) in [6.45, 7) is 0.745. The van der Waals surface area contributed by atoms with E-state index < -0.39 is 0 Å². The van der Waals surface area contributed by atoms with Crippen LogP contribution < -0.4 is 0 Å². The maximum atomic E-state index is 6.17. The Bertz CT molecular complexity index is 1200. The van der Waals surface area contributed by atoms with Gasteiger partial charge in [0.2, 0.25) is 0 Å². The zero-order valence-corrected chi connectivity index (χ0v) is 13.5. The van der Waals surface area contributed by atoms with Gasteiger partial charge in [0.15, 0.2) is 0 Å². The first-order valence-electron chi connectivity index (χ1n) is 7.76. The van der Waals surface area contributed by atoms with Crippen molar-refractivity contribution in [1.82, 2.24) is 19.4 Å². The van der Waals surface area contributed by atoms with Gasteiger partial charge in [-0.1, -0.05) is 47.1 Å². The molecule has 3 aromatic heterocycles. The molecule has 5 rings (SSSR count). The summed E-state index contributed by atoms with van der Waals surface area (Å²) in [5, 5.41) is 11.4. The Morgan fingerprint density at radius 1 is 0.917 bits per heavy atom. The van der Waals surface area contributed by atoms with Crippen LogP contribution in [0.5, 0.6) is 0 Å². The predicted octanol–water partition coefficient (Wildman–Crippen LogP) is 4.54. The van der Waals surface area contributed by atoms with Crippen LogP contribution in [0.3, 0.4) is 0 Å². The lowest BCUT2D eigenvalue weighted by Gasteiger charge is -2.09. The Morgan fingerprint density at radius 3 is 2.75 bits per heavy atom. The third kappa shape index (κ3) is 1.93. The summed E-state index contributed by atoms with van der Waals surface area (Å²) < 4.78 is 4.13. The number of halogens is 1. The van der Waals surface area contributed by atoms with E-state index in [-0.39, 0.29) is 0 Å². The standard InChI is InChI=1S/C19H13ClN4/c20-14-5-3-4-13(10-14)12-23-17-7-2-1-6-15(17)16-8-9-24-18(19(16)23)11-21-22-24/h1-11H,12H2. The Hall–Kier alpha value is -2.85. The molecular formula is C19H13ClN4. The van der Waals surface area contributed by atoms with Crippen molar-refractivity contribution in [2.24, 2.45) is 0 Å². The molecule has 0 saturated carbocycles. The lowest BCUT2D eigenvalue weighted by atomic mass is 10.2. The van der Waals surface area contributed by atoms with Crippen LogP contribution in [-0.2, 0) is 6.54 Å². The van der Waals surface area contributed by atoms with E-state index in [0.717, 1.165) is 22.6 Å². The van der Waals surface area contributed by atoms with Crippen molar-refractivity contribution in [3.8, 4) is 0 Å². The minimum absolute atomic E-state index is 0.745. The number of aromatic nitrogens is 4. The minimum atomic E-state index is 0.745. The summed E-state index contributed by atoms with van der Waals surface area (Å²) in [7, 11) is 0. The summed E-state index contributed by atoms with van der Waals surface area (Å²) in [5.41, 5.74) is 4.51. The number of rotatable bonds is 2. The molecule has 0 amide bonds. The van der Waals surface area contributed by atoms with E-state index in [0.29, 0.717) is 0 Å². The van der Waals surface area contributed by atoms with E-state index in [4.69, 9.17) is 11.6 Å². The molecule has 5 heteroatoms. The summed E-state index contributed by atoms with van der Waals surface area (Å²) in [4.78, 5) is 0. The molecule has 0 atom stereocenters. The summed E-state index contributed by atoms with van der Waals surface area (Å²) in [5.74, 6) is 0. The van der Waals surface area contributed by atoms with Crippen molar-refractivity contribution in [1.29, 1.82) is 0 Å². The van der Waals surface area contributed by atoms with Gasteiger partial charge >= 0.3 is 0 Å². The SMILES string of the molecule is Clc1cccc(Cn2c3ccccc3c3ccn4nncc4c32)c1. The third-order valence-electron chi connectivity index (χ3n) is 4.44. The molecule has 4 nitrogen and oxygen atoms in total. The maximum absolute atomic E-state index is 6.17. The summed E-state index contributed by atoms with van der Waals surface area (Å²) in [6.07, 6.45) is 3.77. The number of hydrogen-bond donors (Lipinski definition) is 0. The zero-order valence-electron chi connectivity index (χ0n) is 12.7. The molecule has 3 heterocycles.